The lowest BCUT2D eigenvalue weighted by molar-refractivity contribution is -0.133. The standard InChI is InChI=1S/C16H20N2O5S/c19-15(18-6-8-24(21,22)9-7-18)11-23-14-3-1-2-13(10-14)17-16(20)12-4-5-12/h1-3,10,12H,4-9,11H2,(H,17,20). The number of rotatable bonds is 5. The Morgan fingerprint density at radius 1 is 1.21 bits per heavy atom. The number of carbonyl (C=O) groups is 2. The Balaban J connectivity index is 1.50. The SMILES string of the molecule is O=C(Nc1cccc(OCC(=O)N2CCS(=O)(=O)CC2)c1)C1CC1. The molecule has 1 aromatic carbocycles. The highest BCUT2D eigenvalue weighted by molar-refractivity contribution is 7.91. The Bertz CT molecular complexity index is 729. The monoisotopic (exact) mass is 352 g/mol. The van der Waals surface area contributed by atoms with Crippen LogP contribution in [0.4, 0.5) is 5.69 Å². The van der Waals surface area contributed by atoms with Gasteiger partial charge in [-0.05, 0) is 25.0 Å². The third-order valence-corrected chi connectivity index (χ3v) is 5.72. The molecule has 0 spiro atoms. The number of nitrogens with one attached hydrogen (secondary N) is 1. The maximum atomic E-state index is 12.1. The van der Waals surface area contributed by atoms with Crippen molar-refractivity contribution < 1.29 is 22.7 Å². The van der Waals surface area contributed by atoms with Crippen molar-refractivity contribution in [1.29, 1.82) is 0 Å². The minimum atomic E-state index is -3.01. The zero-order valence-corrected chi connectivity index (χ0v) is 14.0. The van der Waals surface area contributed by atoms with Crippen LogP contribution in [0, 0.1) is 5.92 Å². The number of amides is 2. The first-order valence-corrected chi connectivity index (χ1v) is 9.77. The quantitative estimate of drug-likeness (QED) is 0.841. The Morgan fingerprint density at radius 2 is 1.92 bits per heavy atom. The summed E-state index contributed by atoms with van der Waals surface area (Å²) in [5, 5.41) is 2.82. The van der Waals surface area contributed by atoms with E-state index in [0.717, 1.165) is 12.8 Å². The number of hydrogen-bond donors (Lipinski definition) is 1. The van der Waals surface area contributed by atoms with Crippen LogP contribution in [0.15, 0.2) is 24.3 Å². The second-order valence-corrected chi connectivity index (χ2v) is 8.42. The summed E-state index contributed by atoms with van der Waals surface area (Å²) in [4.78, 5) is 25.3. The molecule has 1 heterocycles. The second kappa shape index (κ2) is 6.80. The number of sulfone groups is 1. The van der Waals surface area contributed by atoms with Crippen LogP contribution in [0.2, 0.25) is 0 Å². The van der Waals surface area contributed by atoms with Crippen LogP contribution in [-0.2, 0) is 19.4 Å². The van der Waals surface area contributed by atoms with E-state index in [-0.39, 0.29) is 48.9 Å². The lowest BCUT2D eigenvalue weighted by atomic mass is 10.3. The molecule has 1 aliphatic heterocycles. The van der Waals surface area contributed by atoms with Gasteiger partial charge in [-0.3, -0.25) is 9.59 Å². The van der Waals surface area contributed by atoms with Crippen LogP contribution in [0.25, 0.3) is 0 Å². The number of anilines is 1. The van der Waals surface area contributed by atoms with E-state index in [2.05, 4.69) is 5.32 Å². The highest BCUT2D eigenvalue weighted by Crippen LogP contribution is 2.30. The van der Waals surface area contributed by atoms with Crippen LogP contribution in [0.3, 0.4) is 0 Å². The van der Waals surface area contributed by atoms with E-state index >= 15 is 0 Å². The van der Waals surface area contributed by atoms with Gasteiger partial charge < -0.3 is 15.0 Å². The zero-order chi connectivity index (χ0) is 17.2. The summed E-state index contributed by atoms with van der Waals surface area (Å²) in [6, 6.07) is 6.90. The average Bonchev–Trinajstić information content (AvgIpc) is 3.38. The summed E-state index contributed by atoms with van der Waals surface area (Å²) in [5.41, 5.74) is 0.640. The van der Waals surface area contributed by atoms with E-state index in [9.17, 15) is 18.0 Å². The third kappa shape index (κ3) is 4.47. The van der Waals surface area contributed by atoms with E-state index in [4.69, 9.17) is 4.74 Å². The van der Waals surface area contributed by atoms with Crippen LogP contribution >= 0.6 is 0 Å². The van der Waals surface area contributed by atoms with E-state index in [1.54, 1.807) is 24.3 Å². The molecule has 0 bridgehead atoms. The van der Waals surface area contributed by atoms with Crippen molar-refractivity contribution in [3.05, 3.63) is 24.3 Å². The first kappa shape index (κ1) is 16.8. The van der Waals surface area contributed by atoms with E-state index < -0.39 is 9.84 Å². The topological polar surface area (TPSA) is 92.8 Å². The number of carbonyl (C=O) groups excluding carboxylic acids is 2. The second-order valence-electron chi connectivity index (χ2n) is 6.11. The van der Waals surface area contributed by atoms with Crippen molar-refractivity contribution in [2.24, 2.45) is 5.92 Å². The Morgan fingerprint density at radius 3 is 2.58 bits per heavy atom. The van der Waals surface area contributed by atoms with Crippen molar-refractivity contribution in [2.45, 2.75) is 12.8 Å². The molecular weight excluding hydrogens is 332 g/mol. The van der Waals surface area contributed by atoms with Crippen molar-refractivity contribution >= 4 is 27.3 Å². The molecular formula is C16H20N2O5S. The van der Waals surface area contributed by atoms with Gasteiger partial charge in [0.15, 0.2) is 16.4 Å². The summed E-state index contributed by atoms with van der Waals surface area (Å²) in [5.74, 6) is 0.381. The molecule has 8 heteroatoms. The number of hydrogen-bond acceptors (Lipinski definition) is 5. The van der Waals surface area contributed by atoms with Gasteiger partial charge in [-0.25, -0.2) is 8.42 Å². The van der Waals surface area contributed by atoms with Gasteiger partial charge in [0.2, 0.25) is 5.91 Å². The van der Waals surface area contributed by atoms with Gasteiger partial charge in [0.25, 0.3) is 5.91 Å². The summed E-state index contributed by atoms with van der Waals surface area (Å²) < 4.78 is 28.2. The maximum absolute atomic E-state index is 12.1. The van der Waals surface area contributed by atoms with Crippen LogP contribution in [0.1, 0.15) is 12.8 Å². The molecule has 3 rings (SSSR count). The Hall–Kier alpha value is -2.09. The summed E-state index contributed by atoms with van der Waals surface area (Å²) in [6.07, 6.45) is 1.87. The maximum Gasteiger partial charge on any atom is 0.260 e. The largest absolute Gasteiger partial charge is 0.484 e. The fourth-order valence-corrected chi connectivity index (χ4v) is 3.65. The highest BCUT2D eigenvalue weighted by atomic mass is 32.2. The first-order valence-electron chi connectivity index (χ1n) is 7.95. The van der Waals surface area contributed by atoms with Crippen LogP contribution in [0.5, 0.6) is 5.75 Å². The molecule has 0 aromatic heterocycles. The van der Waals surface area contributed by atoms with Gasteiger partial charge in [-0.2, -0.15) is 0 Å². The van der Waals surface area contributed by atoms with E-state index in [0.29, 0.717) is 11.4 Å². The van der Waals surface area contributed by atoms with Gasteiger partial charge in [-0.1, -0.05) is 6.07 Å². The molecule has 1 saturated heterocycles. The Labute approximate surface area is 140 Å². The predicted molar refractivity (Wildman–Crippen MR) is 88.5 cm³/mol. The number of nitrogens with zero attached hydrogens (tertiary/aromatic N) is 1. The van der Waals surface area contributed by atoms with Gasteiger partial charge in [0.1, 0.15) is 5.75 Å². The summed E-state index contributed by atoms with van der Waals surface area (Å²) >= 11 is 0. The number of benzene rings is 1. The summed E-state index contributed by atoms with van der Waals surface area (Å²) in [6.45, 7) is 0.268. The number of ether oxygens (including phenoxy) is 1. The van der Waals surface area contributed by atoms with Gasteiger partial charge in [0, 0.05) is 30.8 Å². The highest BCUT2D eigenvalue weighted by Gasteiger charge is 2.29. The lowest BCUT2D eigenvalue weighted by Gasteiger charge is -2.26. The molecule has 7 nitrogen and oxygen atoms in total. The van der Waals surface area contributed by atoms with Crippen molar-refractivity contribution in [1.82, 2.24) is 4.90 Å². The van der Waals surface area contributed by atoms with Crippen molar-refractivity contribution in [3.63, 3.8) is 0 Å². The molecule has 2 fully saturated rings. The normalized spacial score (nSPS) is 19.6. The van der Waals surface area contributed by atoms with Crippen molar-refractivity contribution in [3.8, 4) is 5.75 Å². The minimum Gasteiger partial charge on any atom is -0.484 e. The average molecular weight is 352 g/mol. The molecule has 24 heavy (non-hydrogen) atoms. The fraction of sp³-hybridized carbons (Fsp3) is 0.500. The van der Waals surface area contributed by atoms with Gasteiger partial charge in [0.05, 0.1) is 11.5 Å². The lowest BCUT2D eigenvalue weighted by Crippen LogP contribution is -2.45. The van der Waals surface area contributed by atoms with Gasteiger partial charge in [-0.15, -0.1) is 0 Å². The minimum absolute atomic E-state index is 0.00141. The summed E-state index contributed by atoms with van der Waals surface area (Å²) in [7, 11) is -3.01. The molecule has 2 amide bonds. The molecule has 1 N–H and O–H groups in total. The molecule has 130 valence electrons. The van der Waals surface area contributed by atoms with Gasteiger partial charge >= 0.3 is 0 Å². The first-order chi connectivity index (χ1) is 11.4. The molecule has 0 radical (unpaired) electrons. The van der Waals surface area contributed by atoms with E-state index in [1.165, 1.54) is 4.90 Å². The van der Waals surface area contributed by atoms with Crippen LogP contribution < -0.4 is 10.1 Å². The molecule has 1 aliphatic carbocycles. The molecule has 1 aromatic rings. The Kier molecular flexibility index (Phi) is 4.75. The molecule has 2 aliphatic rings. The third-order valence-electron chi connectivity index (χ3n) is 4.11. The fourth-order valence-electron chi connectivity index (χ4n) is 2.45. The molecule has 0 atom stereocenters. The van der Waals surface area contributed by atoms with E-state index in [1.807, 2.05) is 0 Å². The van der Waals surface area contributed by atoms with Crippen molar-refractivity contribution in [2.75, 3.05) is 36.5 Å². The zero-order valence-electron chi connectivity index (χ0n) is 13.2. The van der Waals surface area contributed by atoms with Crippen LogP contribution in [-0.4, -0.2) is 56.3 Å². The molecule has 1 saturated carbocycles. The molecule has 0 unspecified atom stereocenters. The smallest absolute Gasteiger partial charge is 0.260 e. The predicted octanol–water partition coefficient (Wildman–Crippen LogP) is 0.671.